The molecule has 1 amide bonds. The maximum Gasteiger partial charge on any atom is 0.410 e. The monoisotopic (exact) mass is 231 g/mol. The van der Waals surface area contributed by atoms with E-state index in [1.54, 1.807) is 7.11 Å². The summed E-state index contributed by atoms with van der Waals surface area (Å²) in [5.41, 5.74) is -0.499. The van der Waals surface area contributed by atoms with Crippen molar-refractivity contribution in [3.05, 3.63) is 0 Å². The molecule has 2 unspecified atom stereocenters. The summed E-state index contributed by atoms with van der Waals surface area (Å²) in [6.45, 7) is 6.74. The van der Waals surface area contributed by atoms with E-state index in [0.29, 0.717) is 19.7 Å². The standard InChI is InChI=1S/C11H21NO4/c1-11(2,3)16-10(14)12-5-8(7-15-4)9(13)6-12/h8-9,13H,5-7H2,1-4H3. The molecule has 1 aliphatic heterocycles. The van der Waals surface area contributed by atoms with E-state index in [0.717, 1.165) is 0 Å². The Bertz CT molecular complexity index is 249. The number of likely N-dealkylation sites (tertiary alicyclic amines) is 1. The lowest BCUT2D eigenvalue weighted by Crippen LogP contribution is -2.35. The number of rotatable bonds is 2. The Morgan fingerprint density at radius 1 is 1.44 bits per heavy atom. The average Bonchev–Trinajstić information content (AvgIpc) is 2.46. The van der Waals surface area contributed by atoms with Gasteiger partial charge in [-0.25, -0.2) is 4.79 Å². The maximum atomic E-state index is 11.7. The molecule has 1 aliphatic rings. The first-order valence-corrected chi connectivity index (χ1v) is 5.48. The molecular weight excluding hydrogens is 210 g/mol. The predicted molar refractivity (Wildman–Crippen MR) is 59.2 cm³/mol. The molecule has 0 aromatic rings. The molecule has 0 aliphatic carbocycles. The molecule has 16 heavy (non-hydrogen) atoms. The van der Waals surface area contributed by atoms with Gasteiger partial charge in [0.15, 0.2) is 0 Å². The second kappa shape index (κ2) is 5.01. The Labute approximate surface area is 96.3 Å². The van der Waals surface area contributed by atoms with Crippen LogP contribution in [0.5, 0.6) is 0 Å². The third kappa shape index (κ3) is 3.64. The van der Waals surface area contributed by atoms with Crippen molar-refractivity contribution in [2.75, 3.05) is 26.8 Å². The van der Waals surface area contributed by atoms with Gasteiger partial charge in [0.05, 0.1) is 19.3 Å². The zero-order valence-corrected chi connectivity index (χ0v) is 10.4. The molecular formula is C11H21NO4. The van der Waals surface area contributed by atoms with Gasteiger partial charge < -0.3 is 19.5 Å². The van der Waals surface area contributed by atoms with Gasteiger partial charge in [-0.2, -0.15) is 0 Å². The van der Waals surface area contributed by atoms with Crippen LogP contribution in [0.4, 0.5) is 4.79 Å². The number of carbonyl (C=O) groups excluding carboxylic acids is 1. The SMILES string of the molecule is COCC1CN(C(=O)OC(C)(C)C)CC1O. The van der Waals surface area contributed by atoms with E-state index in [-0.39, 0.29) is 12.0 Å². The van der Waals surface area contributed by atoms with E-state index in [1.165, 1.54) is 4.90 Å². The van der Waals surface area contributed by atoms with Crippen LogP contribution < -0.4 is 0 Å². The Kier molecular flexibility index (Phi) is 4.15. The zero-order valence-electron chi connectivity index (χ0n) is 10.4. The summed E-state index contributed by atoms with van der Waals surface area (Å²) in [6.07, 6.45) is -0.891. The number of methoxy groups -OCH3 is 1. The van der Waals surface area contributed by atoms with Crippen LogP contribution in [0.1, 0.15) is 20.8 Å². The van der Waals surface area contributed by atoms with Crippen LogP contribution in [-0.2, 0) is 9.47 Å². The van der Waals surface area contributed by atoms with Gasteiger partial charge in [-0.3, -0.25) is 0 Å². The van der Waals surface area contributed by atoms with Crippen molar-refractivity contribution in [3.8, 4) is 0 Å². The molecule has 1 heterocycles. The highest BCUT2D eigenvalue weighted by Gasteiger charge is 2.35. The van der Waals surface area contributed by atoms with Crippen molar-refractivity contribution in [2.24, 2.45) is 5.92 Å². The molecule has 1 fully saturated rings. The lowest BCUT2D eigenvalue weighted by Gasteiger charge is -2.24. The van der Waals surface area contributed by atoms with Crippen LogP contribution in [0.25, 0.3) is 0 Å². The first kappa shape index (κ1) is 13.3. The van der Waals surface area contributed by atoms with Crippen LogP contribution in [0.2, 0.25) is 0 Å². The maximum absolute atomic E-state index is 11.7. The van der Waals surface area contributed by atoms with Crippen LogP contribution >= 0.6 is 0 Å². The summed E-state index contributed by atoms with van der Waals surface area (Å²) in [6, 6.07) is 0. The molecule has 0 saturated carbocycles. The van der Waals surface area contributed by atoms with E-state index in [1.807, 2.05) is 20.8 Å². The van der Waals surface area contributed by atoms with Crippen LogP contribution in [-0.4, -0.2) is 54.6 Å². The van der Waals surface area contributed by atoms with Gasteiger partial charge in [0, 0.05) is 19.6 Å². The minimum atomic E-state index is -0.521. The van der Waals surface area contributed by atoms with Crippen molar-refractivity contribution < 1.29 is 19.4 Å². The Morgan fingerprint density at radius 2 is 2.06 bits per heavy atom. The fraction of sp³-hybridized carbons (Fsp3) is 0.909. The normalized spacial score (nSPS) is 25.9. The summed E-state index contributed by atoms with van der Waals surface area (Å²) < 4.78 is 10.2. The van der Waals surface area contributed by atoms with Gasteiger partial charge >= 0.3 is 6.09 Å². The summed E-state index contributed by atoms with van der Waals surface area (Å²) in [7, 11) is 1.59. The number of aliphatic hydroxyl groups is 1. The molecule has 0 aromatic carbocycles. The Morgan fingerprint density at radius 3 is 2.56 bits per heavy atom. The topological polar surface area (TPSA) is 59.0 Å². The van der Waals surface area contributed by atoms with E-state index in [4.69, 9.17) is 9.47 Å². The second-order valence-electron chi connectivity index (χ2n) is 5.17. The van der Waals surface area contributed by atoms with Crippen LogP contribution in [0, 0.1) is 5.92 Å². The second-order valence-corrected chi connectivity index (χ2v) is 5.17. The van der Waals surface area contributed by atoms with E-state index in [2.05, 4.69) is 0 Å². The van der Waals surface area contributed by atoms with Crippen molar-refractivity contribution in [3.63, 3.8) is 0 Å². The fourth-order valence-corrected chi connectivity index (χ4v) is 1.71. The number of nitrogens with zero attached hydrogens (tertiary/aromatic N) is 1. The van der Waals surface area contributed by atoms with Crippen molar-refractivity contribution in [2.45, 2.75) is 32.5 Å². The molecule has 5 nitrogen and oxygen atoms in total. The van der Waals surface area contributed by atoms with Crippen molar-refractivity contribution >= 4 is 6.09 Å². The molecule has 5 heteroatoms. The van der Waals surface area contributed by atoms with Crippen molar-refractivity contribution in [1.29, 1.82) is 0 Å². The van der Waals surface area contributed by atoms with Crippen LogP contribution in [0.15, 0.2) is 0 Å². The highest BCUT2D eigenvalue weighted by Crippen LogP contribution is 2.20. The number of amides is 1. The highest BCUT2D eigenvalue weighted by atomic mass is 16.6. The lowest BCUT2D eigenvalue weighted by molar-refractivity contribution is 0.0269. The molecule has 0 aromatic heterocycles. The summed E-state index contributed by atoms with van der Waals surface area (Å²) in [5.74, 6) is -0.0162. The zero-order chi connectivity index (χ0) is 12.3. The Balaban J connectivity index is 2.48. The smallest absolute Gasteiger partial charge is 0.410 e. The quantitative estimate of drug-likeness (QED) is 0.765. The lowest BCUT2D eigenvalue weighted by atomic mass is 10.1. The minimum absolute atomic E-state index is 0.0162. The van der Waals surface area contributed by atoms with Gasteiger partial charge in [0.2, 0.25) is 0 Å². The Hall–Kier alpha value is -0.810. The number of ether oxygens (including phenoxy) is 2. The number of hydrogen-bond acceptors (Lipinski definition) is 4. The van der Waals surface area contributed by atoms with Crippen molar-refractivity contribution in [1.82, 2.24) is 4.90 Å². The molecule has 94 valence electrons. The first-order valence-electron chi connectivity index (χ1n) is 5.48. The predicted octanol–water partition coefficient (Wildman–Crippen LogP) is 0.861. The molecule has 0 bridgehead atoms. The van der Waals surface area contributed by atoms with Gasteiger partial charge in [0.1, 0.15) is 5.60 Å². The van der Waals surface area contributed by atoms with Crippen LogP contribution in [0.3, 0.4) is 0 Å². The molecule has 0 spiro atoms. The largest absolute Gasteiger partial charge is 0.444 e. The van der Waals surface area contributed by atoms with E-state index < -0.39 is 11.7 Å². The number of hydrogen-bond donors (Lipinski definition) is 1. The third-order valence-electron chi connectivity index (χ3n) is 2.44. The van der Waals surface area contributed by atoms with Gasteiger partial charge in [-0.05, 0) is 20.8 Å². The molecule has 1 saturated heterocycles. The number of aliphatic hydroxyl groups excluding tert-OH is 1. The summed E-state index contributed by atoms with van der Waals surface area (Å²) in [5, 5.41) is 9.71. The number of carbonyl (C=O) groups is 1. The number of β-amino-alcohol motifs (C(OH)–C–C–N with tert-alkyl or cyclic N) is 1. The molecule has 0 radical (unpaired) electrons. The summed E-state index contributed by atoms with van der Waals surface area (Å²) in [4.78, 5) is 13.2. The molecule has 1 N–H and O–H groups in total. The third-order valence-corrected chi connectivity index (χ3v) is 2.44. The molecule has 2 atom stereocenters. The summed E-state index contributed by atoms with van der Waals surface area (Å²) >= 11 is 0. The minimum Gasteiger partial charge on any atom is -0.444 e. The van der Waals surface area contributed by atoms with E-state index >= 15 is 0 Å². The van der Waals surface area contributed by atoms with E-state index in [9.17, 15) is 9.90 Å². The van der Waals surface area contributed by atoms with Gasteiger partial charge in [0.25, 0.3) is 0 Å². The van der Waals surface area contributed by atoms with Gasteiger partial charge in [-0.1, -0.05) is 0 Å². The average molecular weight is 231 g/mol. The fourth-order valence-electron chi connectivity index (χ4n) is 1.71. The highest BCUT2D eigenvalue weighted by molar-refractivity contribution is 5.68. The first-order chi connectivity index (χ1) is 7.33. The molecule has 1 rings (SSSR count). The van der Waals surface area contributed by atoms with Gasteiger partial charge in [-0.15, -0.1) is 0 Å².